The molecule has 1 aliphatic rings. The molecule has 15 heteroatoms. The van der Waals surface area contributed by atoms with Crippen molar-refractivity contribution < 1.29 is 27.9 Å². The highest BCUT2D eigenvalue weighted by Gasteiger charge is 2.30. The number of nitrogens with two attached hydrogens (primary N) is 1. The van der Waals surface area contributed by atoms with E-state index in [1.165, 1.54) is 6.07 Å². The number of anilines is 1. The number of nitrogens with one attached hydrogen (secondary N) is 5. The van der Waals surface area contributed by atoms with Crippen molar-refractivity contribution in [3.63, 3.8) is 0 Å². The summed E-state index contributed by atoms with van der Waals surface area (Å²) >= 11 is 0.981. The molecule has 2 aromatic carbocycles. The number of guanidine groups is 1. The van der Waals surface area contributed by atoms with Crippen LogP contribution in [0.1, 0.15) is 39.3 Å². The molecule has 0 saturated carbocycles. The van der Waals surface area contributed by atoms with Gasteiger partial charge in [0.15, 0.2) is 5.96 Å². The average Bonchev–Trinajstić information content (AvgIpc) is 3.72. The number of ether oxygens (including phenoxy) is 1. The van der Waals surface area contributed by atoms with E-state index in [1.807, 2.05) is 48.5 Å². The van der Waals surface area contributed by atoms with Crippen molar-refractivity contribution in [2.24, 2.45) is 5.73 Å². The number of benzene rings is 2. The number of carboxylic acids is 1. The Labute approximate surface area is 276 Å². The van der Waals surface area contributed by atoms with E-state index in [9.17, 15) is 23.1 Å². The summed E-state index contributed by atoms with van der Waals surface area (Å²) in [7, 11) is -4.26. The summed E-state index contributed by atoms with van der Waals surface area (Å²) in [6.07, 6.45) is 2.68. The molecule has 1 atom stereocenters. The summed E-state index contributed by atoms with van der Waals surface area (Å²) in [6.45, 7) is 1.69. The van der Waals surface area contributed by atoms with Crippen molar-refractivity contribution in [3.8, 4) is 16.9 Å². The van der Waals surface area contributed by atoms with Gasteiger partial charge in [-0.15, -0.1) is 11.3 Å². The molecule has 47 heavy (non-hydrogen) atoms. The maximum atomic E-state index is 13.9. The zero-order valence-electron chi connectivity index (χ0n) is 25.3. The average molecular weight is 678 g/mol. The molecule has 5 rings (SSSR count). The molecule has 1 amide bonds. The number of aliphatic carboxylic acids is 1. The first-order valence-corrected chi connectivity index (χ1v) is 17.2. The second kappa shape index (κ2) is 15.1. The summed E-state index contributed by atoms with van der Waals surface area (Å²) in [6, 6.07) is 17.2. The quantitative estimate of drug-likeness (QED) is 0.0555. The van der Waals surface area contributed by atoms with Crippen LogP contribution in [0.3, 0.4) is 0 Å². The minimum absolute atomic E-state index is 0.0136. The molecule has 13 nitrogen and oxygen atoms in total. The number of aromatic nitrogens is 1. The Morgan fingerprint density at radius 3 is 2.68 bits per heavy atom. The third-order valence-electron chi connectivity index (χ3n) is 7.42. The molecule has 3 heterocycles. The highest BCUT2D eigenvalue weighted by molar-refractivity contribution is 7.92. The summed E-state index contributed by atoms with van der Waals surface area (Å²) < 4.78 is 36.2. The highest BCUT2D eigenvalue weighted by atomic mass is 32.2. The zero-order valence-corrected chi connectivity index (χ0v) is 26.9. The predicted octanol–water partition coefficient (Wildman–Crippen LogP) is 3.28. The maximum absolute atomic E-state index is 13.9. The molecule has 0 radical (unpaired) electrons. The molecule has 8 N–H and O–H groups in total. The molecule has 4 aromatic rings. The Morgan fingerprint density at radius 1 is 1.11 bits per heavy atom. The summed E-state index contributed by atoms with van der Waals surface area (Å²) in [5, 5.41) is 26.8. The van der Waals surface area contributed by atoms with Crippen molar-refractivity contribution >= 4 is 44.9 Å². The summed E-state index contributed by atoms with van der Waals surface area (Å²) in [4.78, 5) is 29.2. The third kappa shape index (κ3) is 8.44. The number of carbonyl (C=O) groups is 2. The van der Waals surface area contributed by atoms with Crippen LogP contribution < -0.4 is 31.1 Å². The van der Waals surface area contributed by atoms with Gasteiger partial charge >= 0.3 is 5.97 Å². The molecule has 0 unspecified atom stereocenters. The second-order valence-electron chi connectivity index (χ2n) is 10.8. The van der Waals surface area contributed by atoms with E-state index in [0.717, 1.165) is 33.7 Å². The van der Waals surface area contributed by atoms with E-state index in [-0.39, 0.29) is 40.1 Å². The summed E-state index contributed by atoms with van der Waals surface area (Å²) in [5.41, 5.74) is 9.47. The standard InChI is InChI=1S/C32H35N7O6S2/c33-32(34)37-13-5-9-26(31(41)42)38-30(40)29-25(11-15-46-29)39-47(43,44)27-17-22(16-20-10-14-45-28(20)27)24-8-2-1-6-21(24)18-35-19-23-7-3-4-12-36-23/h1-4,6-8,11-12,15-17,26,35,39H,5,9-10,13-14,18-19H2,(H,38,40)(H,41,42)(H4,33,34,37)/t26-/m0/s1. The first-order valence-electron chi connectivity index (χ1n) is 14.8. The van der Waals surface area contributed by atoms with Crippen molar-refractivity contribution in [1.82, 2.24) is 20.9 Å². The van der Waals surface area contributed by atoms with E-state index in [0.29, 0.717) is 38.1 Å². The Bertz CT molecular complexity index is 1860. The van der Waals surface area contributed by atoms with Crippen molar-refractivity contribution in [2.75, 3.05) is 17.9 Å². The number of sulfonamides is 1. The maximum Gasteiger partial charge on any atom is 0.326 e. The number of amides is 1. The number of rotatable bonds is 15. The number of thiophene rings is 1. The Morgan fingerprint density at radius 2 is 1.91 bits per heavy atom. The predicted molar refractivity (Wildman–Crippen MR) is 179 cm³/mol. The topological polar surface area (TPSA) is 209 Å². The van der Waals surface area contributed by atoms with Crippen molar-refractivity contribution in [1.29, 1.82) is 5.41 Å². The molecule has 1 aliphatic heterocycles. The second-order valence-corrected chi connectivity index (χ2v) is 13.3. The van der Waals surface area contributed by atoms with Gasteiger partial charge in [-0.1, -0.05) is 30.3 Å². The molecule has 246 valence electrons. The SMILES string of the molecule is N=C(N)NCCC[C@H](NC(=O)c1sccc1NS(=O)(=O)c1cc(-c2ccccc2CNCc2ccccn2)cc2c1OCC2)C(=O)O. The van der Waals surface area contributed by atoms with Crippen LogP contribution in [-0.2, 0) is 34.3 Å². The molecule has 0 fully saturated rings. The Balaban J connectivity index is 1.36. The molecule has 0 bridgehead atoms. The number of hydrogen-bond acceptors (Lipinski definition) is 9. The molecular formula is C32H35N7O6S2. The van der Waals surface area contributed by atoms with Crippen molar-refractivity contribution in [2.45, 2.75) is 43.3 Å². The lowest BCUT2D eigenvalue weighted by Gasteiger charge is -2.17. The largest absolute Gasteiger partial charge is 0.492 e. The third-order valence-corrected chi connectivity index (χ3v) is 9.70. The number of hydrogen-bond donors (Lipinski definition) is 7. The number of nitrogens with zero attached hydrogens (tertiary/aromatic N) is 1. The molecule has 0 spiro atoms. The minimum Gasteiger partial charge on any atom is -0.492 e. The molecule has 2 aromatic heterocycles. The molecule has 0 saturated heterocycles. The normalized spacial score (nSPS) is 12.9. The monoisotopic (exact) mass is 677 g/mol. The van der Waals surface area contributed by atoms with E-state index < -0.39 is 27.9 Å². The lowest BCUT2D eigenvalue weighted by Crippen LogP contribution is -2.41. The van der Waals surface area contributed by atoms with E-state index >= 15 is 0 Å². The van der Waals surface area contributed by atoms with Gasteiger partial charge in [0, 0.05) is 32.3 Å². The first kappa shape index (κ1) is 33.4. The first-order chi connectivity index (χ1) is 22.6. The van der Waals surface area contributed by atoms with E-state index in [4.69, 9.17) is 15.9 Å². The smallest absolute Gasteiger partial charge is 0.326 e. The van der Waals surface area contributed by atoms with Crippen LogP contribution in [0.2, 0.25) is 0 Å². The van der Waals surface area contributed by atoms with E-state index in [1.54, 1.807) is 17.6 Å². The summed E-state index contributed by atoms with van der Waals surface area (Å²) in [5.74, 6) is -1.95. The van der Waals surface area contributed by atoms with Crippen molar-refractivity contribution in [3.05, 3.63) is 93.9 Å². The van der Waals surface area contributed by atoms with Crippen LogP contribution in [0.25, 0.3) is 11.1 Å². The van der Waals surface area contributed by atoms with Gasteiger partial charge in [-0.05, 0) is 70.8 Å². The molecular weight excluding hydrogens is 643 g/mol. The highest BCUT2D eigenvalue weighted by Crippen LogP contribution is 2.39. The van der Waals surface area contributed by atoms with Gasteiger partial charge in [0.05, 0.1) is 18.0 Å². The fourth-order valence-corrected chi connectivity index (χ4v) is 7.29. The Kier molecular flexibility index (Phi) is 10.7. The number of carbonyl (C=O) groups excluding carboxylic acids is 1. The van der Waals surface area contributed by atoms with Gasteiger partial charge in [0.1, 0.15) is 21.6 Å². The number of fused-ring (bicyclic) bond motifs is 1. The Hall–Kier alpha value is -4.99. The van der Waals surface area contributed by atoms with Gasteiger partial charge < -0.3 is 31.5 Å². The molecule has 0 aliphatic carbocycles. The van der Waals surface area contributed by atoms with Gasteiger partial charge in [-0.3, -0.25) is 19.9 Å². The fourth-order valence-electron chi connectivity index (χ4n) is 5.19. The number of carboxylic acid groups (broad SMARTS) is 1. The van der Waals surface area contributed by atoms with Crippen LogP contribution in [0.5, 0.6) is 5.75 Å². The fraction of sp³-hybridized carbons (Fsp3) is 0.250. The van der Waals surface area contributed by atoms with Crippen LogP contribution in [0, 0.1) is 5.41 Å². The zero-order chi connectivity index (χ0) is 33.4. The van der Waals surface area contributed by atoms with Crippen LogP contribution in [0.15, 0.2) is 77.1 Å². The van der Waals surface area contributed by atoms with Crippen LogP contribution in [-0.4, -0.2) is 55.5 Å². The van der Waals surface area contributed by atoms with Gasteiger partial charge in [-0.2, -0.15) is 0 Å². The van der Waals surface area contributed by atoms with Gasteiger partial charge in [0.2, 0.25) is 0 Å². The minimum atomic E-state index is -4.26. The number of pyridine rings is 1. The van der Waals surface area contributed by atoms with E-state index in [2.05, 4.69) is 25.7 Å². The van der Waals surface area contributed by atoms with Gasteiger partial charge in [0.25, 0.3) is 15.9 Å². The van der Waals surface area contributed by atoms with Crippen LogP contribution >= 0.6 is 11.3 Å². The lowest BCUT2D eigenvalue weighted by molar-refractivity contribution is -0.139. The lowest BCUT2D eigenvalue weighted by atomic mass is 9.97. The van der Waals surface area contributed by atoms with Gasteiger partial charge in [-0.25, -0.2) is 13.2 Å². The van der Waals surface area contributed by atoms with Crippen LogP contribution in [0.4, 0.5) is 5.69 Å².